The Kier molecular flexibility index (Phi) is 4.41. The zero-order valence-electron chi connectivity index (χ0n) is 10.5. The van der Waals surface area contributed by atoms with Gasteiger partial charge in [-0.1, -0.05) is 5.56 Å². The number of hydrogen-bond acceptors (Lipinski definition) is 5. The summed E-state index contributed by atoms with van der Waals surface area (Å²) in [5.74, 6) is 0.136. The van der Waals surface area contributed by atoms with Crippen LogP contribution in [0.4, 0.5) is 0 Å². The van der Waals surface area contributed by atoms with E-state index in [1.165, 1.54) is 6.92 Å². The normalized spacial score (nSPS) is 23.9. The molecule has 0 spiro atoms. The number of methoxy groups -OCH3 is 1. The number of hydrogen-bond donors (Lipinski definition) is 0. The van der Waals surface area contributed by atoms with E-state index in [0.29, 0.717) is 19.0 Å². The first-order valence-electron chi connectivity index (χ1n) is 5.90. The zero-order chi connectivity index (χ0) is 13.0. The Labute approximate surface area is 106 Å². The summed E-state index contributed by atoms with van der Waals surface area (Å²) in [6, 6.07) is 5.36. The smallest absolute Gasteiger partial charge is 0.305 e. The molecule has 1 heterocycles. The summed E-state index contributed by atoms with van der Waals surface area (Å²) >= 11 is 0. The lowest BCUT2D eigenvalue weighted by molar-refractivity contribution is -0.226. The van der Waals surface area contributed by atoms with Crippen LogP contribution in [0.15, 0.2) is 18.2 Å². The second kappa shape index (κ2) is 6.04. The van der Waals surface area contributed by atoms with Crippen LogP contribution in [0.3, 0.4) is 0 Å². The molecule has 0 aliphatic carbocycles. The van der Waals surface area contributed by atoms with E-state index in [0.717, 1.165) is 12.0 Å². The van der Waals surface area contributed by atoms with E-state index in [-0.39, 0.29) is 12.1 Å². The topological polar surface area (TPSA) is 54.0 Å². The predicted octanol–water partition coefficient (Wildman–Crippen LogP) is 1.78. The molecular formula is C13H17O5-. The fourth-order valence-corrected chi connectivity index (χ4v) is 1.92. The third-order valence-electron chi connectivity index (χ3n) is 2.69. The minimum absolute atomic E-state index is 0.00817. The second-order valence-electron chi connectivity index (χ2n) is 4.14. The fraction of sp³-hybridized carbons (Fsp3) is 0.538. The van der Waals surface area contributed by atoms with Crippen LogP contribution in [-0.2, 0) is 19.0 Å². The average molecular weight is 253 g/mol. The summed E-state index contributed by atoms with van der Waals surface area (Å²) in [5.41, 5.74) is 0.742. The van der Waals surface area contributed by atoms with Crippen LogP contribution in [-0.4, -0.2) is 32.4 Å². The van der Waals surface area contributed by atoms with Gasteiger partial charge in [-0.25, -0.2) is 6.07 Å². The lowest BCUT2D eigenvalue weighted by Gasteiger charge is -2.32. The molecule has 1 aromatic rings. The Bertz CT molecular complexity index is 396. The first kappa shape index (κ1) is 13.1. The summed E-state index contributed by atoms with van der Waals surface area (Å²) in [6.07, 6.45) is 0.311. The van der Waals surface area contributed by atoms with Crippen molar-refractivity contribution >= 4 is 5.97 Å². The second-order valence-corrected chi connectivity index (χ2v) is 4.14. The summed E-state index contributed by atoms with van der Waals surface area (Å²) in [7, 11) is 1.64. The van der Waals surface area contributed by atoms with Gasteiger partial charge in [-0.05, 0) is 6.42 Å². The number of carbonyl (C=O) groups is 1. The molecule has 0 N–H and O–H groups in total. The van der Waals surface area contributed by atoms with E-state index < -0.39 is 6.29 Å². The van der Waals surface area contributed by atoms with Crippen LogP contribution in [0.1, 0.15) is 25.2 Å². The molecule has 1 fully saturated rings. The lowest BCUT2D eigenvalue weighted by Crippen LogP contribution is -2.30. The Hall–Kier alpha value is -1.30. The van der Waals surface area contributed by atoms with Crippen LogP contribution in [0, 0.1) is 0 Å². The lowest BCUT2D eigenvalue weighted by atomic mass is 10.2. The van der Waals surface area contributed by atoms with Gasteiger partial charge in [-0.2, -0.15) is 12.1 Å². The summed E-state index contributed by atoms with van der Waals surface area (Å²) in [5, 5.41) is 0. The molecule has 1 saturated heterocycles. The maximum Gasteiger partial charge on any atom is 0.305 e. The maximum atomic E-state index is 11.0. The first-order chi connectivity index (χ1) is 8.70. The van der Waals surface area contributed by atoms with E-state index >= 15 is 0 Å². The molecule has 2 atom stereocenters. The fourth-order valence-electron chi connectivity index (χ4n) is 1.92. The first-order valence-corrected chi connectivity index (χ1v) is 5.90. The van der Waals surface area contributed by atoms with Crippen molar-refractivity contribution in [1.82, 2.24) is 0 Å². The molecule has 0 bridgehead atoms. The van der Waals surface area contributed by atoms with Crippen LogP contribution < -0.4 is 4.74 Å². The van der Waals surface area contributed by atoms with Crippen molar-refractivity contribution in [2.75, 3.05) is 20.3 Å². The van der Waals surface area contributed by atoms with E-state index in [9.17, 15) is 4.79 Å². The molecule has 0 aromatic heterocycles. The van der Waals surface area contributed by atoms with Crippen LogP contribution in [0.2, 0.25) is 0 Å². The predicted molar refractivity (Wildman–Crippen MR) is 63.4 cm³/mol. The highest BCUT2D eigenvalue weighted by Gasteiger charge is 2.23. The van der Waals surface area contributed by atoms with Gasteiger partial charge in [0.05, 0.1) is 19.3 Å². The molecule has 0 amide bonds. The SMILES string of the molecule is COC[C@@H]1CCO[C@H]([c-]2cccc2OC(C)=O)O1. The van der Waals surface area contributed by atoms with Crippen molar-refractivity contribution in [3.63, 3.8) is 0 Å². The molecule has 1 aliphatic rings. The molecule has 100 valence electrons. The molecule has 2 rings (SSSR count). The van der Waals surface area contributed by atoms with Gasteiger partial charge in [0.15, 0.2) is 0 Å². The number of rotatable bonds is 4. The van der Waals surface area contributed by atoms with Gasteiger partial charge in [-0.15, -0.1) is 0 Å². The number of esters is 1. The largest absolute Gasteiger partial charge is 0.454 e. The molecule has 1 aromatic carbocycles. The number of carbonyl (C=O) groups excluding carboxylic acids is 1. The Morgan fingerprint density at radius 2 is 2.44 bits per heavy atom. The van der Waals surface area contributed by atoms with Crippen molar-refractivity contribution < 1.29 is 23.7 Å². The maximum absolute atomic E-state index is 11.0. The molecule has 5 nitrogen and oxygen atoms in total. The van der Waals surface area contributed by atoms with Crippen LogP contribution in [0.25, 0.3) is 0 Å². The van der Waals surface area contributed by atoms with E-state index in [1.54, 1.807) is 19.2 Å². The molecule has 5 heteroatoms. The van der Waals surface area contributed by atoms with Crippen molar-refractivity contribution in [2.24, 2.45) is 0 Å². The molecular weight excluding hydrogens is 236 g/mol. The Morgan fingerprint density at radius 1 is 1.61 bits per heavy atom. The van der Waals surface area contributed by atoms with E-state index in [4.69, 9.17) is 18.9 Å². The minimum atomic E-state index is -0.497. The van der Waals surface area contributed by atoms with Gasteiger partial charge in [0.2, 0.25) is 0 Å². The van der Waals surface area contributed by atoms with Gasteiger partial charge >= 0.3 is 5.97 Å². The third-order valence-corrected chi connectivity index (χ3v) is 2.69. The van der Waals surface area contributed by atoms with Crippen molar-refractivity contribution in [3.05, 3.63) is 23.8 Å². The van der Waals surface area contributed by atoms with Gasteiger partial charge in [-0.3, -0.25) is 4.79 Å². The highest BCUT2D eigenvalue weighted by atomic mass is 16.7. The van der Waals surface area contributed by atoms with Gasteiger partial charge in [0.1, 0.15) is 6.29 Å². The Morgan fingerprint density at radius 3 is 3.17 bits per heavy atom. The highest BCUT2D eigenvalue weighted by molar-refractivity contribution is 5.70. The standard InChI is InChI=1S/C13H17O5/c1-9(14)17-12-5-3-4-11(12)13-16-7-6-10(18-13)8-15-2/h3-5,10,13H,6-8H2,1-2H3/q-1/t10-,13-/m0/s1. The number of ether oxygens (including phenoxy) is 4. The Balaban J connectivity index is 2.06. The molecule has 0 saturated carbocycles. The van der Waals surface area contributed by atoms with Gasteiger partial charge in [0.25, 0.3) is 0 Å². The highest BCUT2D eigenvalue weighted by Crippen LogP contribution is 2.33. The molecule has 0 unspecified atom stereocenters. The van der Waals surface area contributed by atoms with Crippen molar-refractivity contribution in [3.8, 4) is 5.75 Å². The van der Waals surface area contributed by atoms with E-state index in [1.807, 2.05) is 6.07 Å². The van der Waals surface area contributed by atoms with Crippen LogP contribution >= 0.6 is 0 Å². The summed E-state index contributed by atoms with van der Waals surface area (Å²) < 4.78 is 21.5. The molecule has 1 aliphatic heterocycles. The van der Waals surface area contributed by atoms with E-state index in [2.05, 4.69) is 0 Å². The summed E-state index contributed by atoms with van der Waals surface area (Å²) in [4.78, 5) is 11.0. The molecule has 0 radical (unpaired) electrons. The van der Waals surface area contributed by atoms with Crippen LogP contribution in [0.5, 0.6) is 5.75 Å². The zero-order valence-corrected chi connectivity index (χ0v) is 10.5. The van der Waals surface area contributed by atoms with Crippen molar-refractivity contribution in [1.29, 1.82) is 0 Å². The third kappa shape index (κ3) is 3.13. The van der Waals surface area contributed by atoms with Crippen molar-refractivity contribution in [2.45, 2.75) is 25.7 Å². The average Bonchev–Trinajstić information content (AvgIpc) is 2.77. The van der Waals surface area contributed by atoms with Gasteiger partial charge in [0, 0.05) is 19.8 Å². The monoisotopic (exact) mass is 253 g/mol. The summed E-state index contributed by atoms with van der Waals surface area (Å²) in [6.45, 7) is 2.50. The minimum Gasteiger partial charge on any atom is -0.454 e. The molecule has 18 heavy (non-hydrogen) atoms. The van der Waals surface area contributed by atoms with Gasteiger partial charge < -0.3 is 18.9 Å². The quantitative estimate of drug-likeness (QED) is 0.604.